The normalized spacial score (nSPS) is 11.6. The third-order valence-corrected chi connectivity index (χ3v) is 4.76. The Kier molecular flexibility index (Phi) is 5.97. The molecule has 0 N–H and O–H groups in total. The van der Waals surface area contributed by atoms with Gasteiger partial charge < -0.3 is 14.0 Å². The molecule has 3 aromatic rings. The number of aromatic nitrogens is 1. The Morgan fingerprint density at radius 3 is 2.67 bits per heavy atom. The minimum atomic E-state index is -0.556. The van der Waals surface area contributed by atoms with Gasteiger partial charge in [-0.15, -0.1) is 0 Å². The highest BCUT2D eigenvalue weighted by molar-refractivity contribution is 7.16. The van der Waals surface area contributed by atoms with Gasteiger partial charge in [0, 0.05) is 0 Å². The van der Waals surface area contributed by atoms with Gasteiger partial charge in [0.25, 0.3) is 5.91 Å². The quantitative estimate of drug-likeness (QED) is 0.609. The largest absolute Gasteiger partial charge is 0.493 e. The van der Waals surface area contributed by atoms with Gasteiger partial charge in [0.05, 0.1) is 30.4 Å². The van der Waals surface area contributed by atoms with Crippen molar-refractivity contribution < 1.29 is 23.5 Å². The highest BCUT2D eigenvalue weighted by atomic mass is 32.1. The van der Waals surface area contributed by atoms with Gasteiger partial charge in [0.15, 0.2) is 4.80 Å². The first kappa shape index (κ1) is 18.8. The van der Waals surface area contributed by atoms with E-state index >= 15 is 0 Å². The van der Waals surface area contributed by atoms with Crippen LogP contribution in [0.1, 0.15) is 6.42 Å². The number of rotatable bonds is 6. The molecule has 0 aliphatic heterocycles. The van der Waals surface area contributed by atoms with Gasteiger partial charge in [0.2, 0.25) is 0 Å². The van der Waals surface area contributed by atoms with E-state index < -0.39 is 17.7 Å². The summed E-state index contributed by atoms with van der Waals surface area (Å²) in [6.07, 6.45) is 0.0594. The van der Waals surface area contributed by atoms with Crippen molar-refractivity contribution in [2.75, 3.05) is 13.7 Å². The van der Waals surface area contributed by atoms with Crippen molar-refractivity contribution in [1.29, 1.82) is 0 Å². The van der Waals surface area contributed by atoms with E-state index in [1.807, 2.05) is 18.2 Å². The number of thiazole rings is 1. The van der Waals surface area contributed by atoms with Gasteiger partial charge in [-0.3, -0.25) is 9.59 Å². The Labute approximate surface area is 158 Å². The van der Waals surface area contributed by atoms with Gasteiger partial charge in [0.1, 0.15) is 18.1 Å². The molecule has 1 heterocycles. The number of benzene rings is 2. The molecule has 0 bridgehead atoms. The maximum absolute atomic E-state index is 14.2. The fourth-order valence-corrected chi connectivity index (χ4v) is 3.51. The number of nitrogens with zero attached hydrogens (tertiary/aromatic N) is 2. The zero-order valence-corrected chi connectivity index (χ0v) is 15.4. The summed E-state index contributed by atoms with van der Waals surface area (Å²) in [5.74, 6) is -0.806. The molecule has 0 aliphatic rings. The van der Waals surface area contributed by atoms with Crippen LogP contribution < -0.4 is 9.54 Å². The Hall–Kier alpha value is -3.00. The first-order valence-corrected chi connectivity index (χ1v) is 9.00. The van der Waals surface area contributed by atoms with Crippen LogP contribution in [0, 0.1) is 5.82 Å². The van der Waals surface area contributed by atoms with Crippen molar-refractivity contribution in [2.45, 2.75) is 13.0 Å². The van der Waals surface area contributed by atoms with E-state index in [-0.39, 0.29) is 29.9 Å². The standard InChI is InChI=1S/C19H17FN2O4S/c1-25-17(24)12-22-18-14(20)8-5-9-15(18)27-19(22)21-16(23)10-11-26-13-6-3-2-4-7-13/h2-9H,10-12H2,1H3. The van der Waals surface area contributed by atoms with Crippen molar-refractivity contribution in [3.63, 3.8) is 0 Å². The van der Waals surface area contributed by atoms with Gasteiger partial charge in [-0.1, -0.05) is 35.6 Å². The summed E-state index contributed by atoms with van der Waals surface area (Å²) >= 11 is 1.14. The van der Waals surface area contributed by atoms with Crippen LogP contribution in [-0.4, -0.2) is 30.2 Å². The van der Waals surface area contributed by atoms with Crippen LogP contribution in [0.25, 0.3) is 10.2 Å². The van der Waals surface area contributed by atoms with Gasteiger partial charge in [-0.05, 0) is 24.3 Å². The van der Waals surface area contributed by atoms with Crippen LogP contribution >= 0.6 is 11.3 Å². The number of carbonyl (C=O) groups is 2. The second-order valence-corrected chi connectivity index (χ2v) is 6.56. The Bertz CT molecular complexity index is 1030. The van der Waals surface area contributed by atoms with Crippen LogP contribution in [0.4, 0.5) is 4.39 Å². The Balaban J connectivity index is 1.83. The molecule has 0 spiro atoms. The van der Waals surface area contributed by atoms with E-state index in [0.717, 1.165) is 11.3 Å². The first-order chi connectivity index (χ1) is 13.1. The molecule has 0 radical (unpaired) electrons. The predicted octanol–water partition coefficient (Wildman–Crippen LogP) is 2.91. The molecule has 27 heavy (non-hydrogen) atoms. The summed E-state index contributed by atoms with van der Waals surface area (Å²) in [5.41, 5.74) is 0.222. The number of hydrogen-bond acceptors (Lipinski definition) is 5. The number of ether oxygens (including phenoxy) is 2. The topological polar surface area (TPSA) is 69.9 Å². The molecule has 1 aromatic heterocycles. The summed E-state index contributed by atoms with van der Waals surface area (Å²) in [7, 11) is 1.25. The van der Waals surface area contributed by atoms with Gasteiger partial charge in [-0.2, -0.15) is 4.99 Å². The van der Waals surface area contributed by atoms with Crippen molar-refractivity contribution >= 4 is 33.4 Å². The summed E-state index contributed by atoms with van der Waals surface area (Å²) in [6, 6.07) is 13.7. The maximum atomic E-state index is 14.2. The molecule has 0 aliphatic carbocycles. The van der Waals surface area contributed by atoms with Crippen LogP contribution in [0.2, 0.25) is 0 Å². The van der Waals surface area contributed by atoms with Crippen LogP contribution in [0.15, 0.2) is 53.5 Å². The summed E-state index contributed by atoms with van der Waals surface area (Å²) in [4.78, 5) is 28.2. The average molecular weight is 388 g/mol. The molecule has 1 amide bonds. The van der Waals surface area contributed by atoms with Crippen molar-refractivity contribution in [1.82, 2.24) is 4.57 Å². The Morgan fingerprint density at radius 1 is 1.15 bits per heavy atom. The van der Waals surface area contributed by atoms with Gasteiger partial charge >= 0.3 is 5.97 Å². The molecule has 0 saturated carbocycles. The lowest BCUT2D eigenvalue weighted by Crippen LogP contribution is -2.23. The molecular weight excluding hydrogens is 371 g/mol. The fraction of sp³-hybridized carbons (Fsp3) is 0.211. The van der Waals surface area contributed by atoms with Crippen molar-refractivity contribution in [3.05, 3.63) is 59.1 Å². The zero-order chi connectivity index (χ0) is 19.2. The lowest BCUT2D eigenvalue weighted by Gasteiger charge is -2.05. The van der Waals surface area contributed by atoms with Gasteiger partial charge in [-0.25, -0.2) is 4.39 Å². The Morgan fingerprint density at radius 2 is 1.93 bits per heavy atom. The molecule has 3 rings (SSSR count). The third-order valence-electron chi connectivity index (χ3n) is 3.71. The molecule has 2 aromatic carbocycles. The summed E-state index contributed by atoms with van der Waals surface area (Å²) in [5, 5.41) is 0. The molecule has 8 heteroatoms. The summed E-state index contributed by atoms with van der Waals surface area (Å²) in [6.45, 7) is -0.0628. The molecule has 0 fully saturated rings. The number of fused-ring (bicyclic) bond motifs is 1. The predicted molar refractivity (Wildman–Crippen MR) is 98.9 cm³/mol. The van der Waals surface area contributed by atoms with Crippen molar-refractivity contribution in [3.8, 4) is 5.75 Å². The van der Waals surface area contributed by atoms with E-state index in [2.05, 4.69) is 9.73 Å². The third kappa shape index (κ3) is 4.59. The second kappa shape index (κ2) is 8.59. The molecule has 0 atom stereocenters. The molecular formula is C19H17FN2O4S. The fourth-order valence-electron chi connectivity index (χ4n) is 2.45. The van der Waals surface area contributed by atoms with E-state index in [9.17, 15) is 14.0 Å². The summed E-state index contributed by atoms with van der Waals surface area (Å²) < 4.78 is 26.3. The molecule has 6 nitrogen and oxygen atoms in total. The zero-order valence-electron chi connectivity index (χ0n) is 14.6. The number of amides is 1. The lowest BCUT2D eigenvalue weighted by atomic mass is 10.3. The van der Waals surface area contributed by atoms with E-state index in [1.165, 1.54) is 17.7 Å². The minimum Gasteiger partial charge on any atom is -0.493 e. The van der Waals surface area contributed by atoms with Crippen LogP contribution in [0.3, 0.4) is 0 Å². The number of methoxy groups -OCH3 is 1. The average Bonchev–Trinajstić information content (AvgIpc) is 3.00. The molecule has 140 valence electrons. The van der Waals surface area contributed by atoms with E-state index in [1.54, 1.807) is 24.3 Å². The highest BCUT2D eigenvalue weighted by Gasteiger charge is 2.14. The number of carbonyl (C=O) groups excluding carboxylic acids is 2. The number of hydrogen-bond donors (Lipinski definition) is 0. The lowest BCUT2D eigenvalue weighted by molar-refractivity contribution is -0.141. The number of halogens is 1. The van der Waals surface area contributed by atoms with Crippen LogP contribution in [-0.2, 0) is 20.9 Å². The van der Waals surface area contributed by atoms with E-state index in [4.69, 9.17) is 4.74 Å². The van der Waals surface area contributed by atoms with Crippen LogP contribution in [0.5, 0.6) is 5.75 Å². The number of para-hydroxylation sites is 2. The van der Waals surface area contributed by atoms with Crippen molar-refractivity contribution in [2.24, 2.45) is 4.99 Å². The monoisotopic (exact) mass is 388 g/mol. The second-order valence-electron chi connectivity index (χ2n) is 5.55. The maximum Gasteiger partial charge on any atom is 0.325 e. The highest BCUT2D eigenvalue weighted by Crippen LogP contribution is 2.20. The number of esters is 1. The molecule has 0 saturated heterocycles. The minimum absolute atomic E-state index is 0.0594. The smallest absolute Gasteiger partial charge is 0.325 e. The first-order valence-electron chi connectivity index (χ1n) is 8.18. The molecule has 0 unspecified atom stereocenters. The SMILES string of the molecule is COC(=O)Cn1c(=NC(=O)CCOc2ccccc2)sc2cccc(F)c21. The van der Waals surface area contributed by atoms with E-state index in [0.29, 0.717) is 10.4 Å².